The van der Waals surface area contributed by atoms with Gasteiger partial charge in [0.25, 0.3) is 10.0 Å². The van der Waals surface area contributed by atoms with Crippen molar-refractivity contribution >= 4 is 49.2 Å². The molecule has 1 aliphatic carbocycles. The van der Waals surface area contributed by atoms with Crippen molar-refractivity contribution in [2.24, 2.45) is 5.92 Å². The van der Waals surface area contributed by atoms with Gasteiger partial charge < -0.3 is 9.64 Å². The Morgan fingerprint density at radius 3 is 2.53 bits per heavy atom. The number of benzene rings is 2. The molecule has 4 rings (SSSR count). The number of hydrogen-bond donors (Lipinski definition) is 1. The molecule has 0 aromatic heterocycles. The van der Waals surface area contributed by atoms with E-state index in [9.17, 15) is 18.0 Å². The molecule has 1 aliphatic heterocycles. The van der Waals surface area contributed by atoms with Gasteiger partial charge in [-0.25, -0.2) is 13.2 Å². The number of rotatable bonds is 6. The monoisotopic (exact) mass is 492 g/mol. The first-order valence-electron chi connectivity index (χ1n) is 9.74. The minimum Gasteiger partial charge on any atom is -0.462 e. The number of ether oxygens (including phenoxy) is 1. The molecule has 1 amide bonds. The number of amides is 1. The normalized spacial score (nSPS) is 15.6. The third kappa shape index (κ3) is 4.09. The SMILES string of the molecule is CCOC(=O)c1ccc(NS(=O)(=O)c2cc(Br)cc3c2N(C(=O)C2CC2)CC3)cc1. The third-order valence-corrected chi connectivity index (χ3v) is 6.98. The van der Waals surface area contributed by atoms with Crippen LogP contribution in [0.3, 0.4) is 0 Å². The molecule has 0 atom stereocenters. The number of fused-ring (bicyclic) bond motifs is 1. The van der Waals surface area contributed by atoms with E-state index >= 15 is 0 Å². The predicted molar refractivity (Wildman–Crippen MR) is 116 cm³/mol. The first-order chi connectivity index (χ1) is 14.3. The first-order valence-corrected chi connectivity index (χ1v) is 12.0. The zero-order valence-electron chi connectivity index (χ0n) is 16.4. The molecule has 0 saturated heterocycles. The standard InChI is InChI=1S/C21H21BrN2O5S/c1-2-29-21(26)14-5-7-17(8-6-14)23-30(27,28)18-12-16(22)11-15-9-10-24(19(15)18)20(25)13-3-4-13/h5-8,11-13,23H,2-4,9-10H2,1H3. The molecular weight excluding hydrogens is 472 g/mol. The summed E-state index contributed by atoms with van der Waals surface area (Å²) < 4.78 is 34.6. The van der Waals surface area contributed by atoms with Crippen molar-refractivity contribution in [2.45, 2.75) is 31.1 Å². The van der Waals surface area contributed by atoms with Crippen LogP contribution >= 0.6 is 15.9 Å². The summed E-state index contributed by atoms with van der Waals surface area (Å²) in [4.78, 5) is 26.2. The molecule has 30 heavy (non-hydrogen) atoms. The number of anilines is 2. The lowest BCUT2D eigenvalue weighted by Crippen LogP contribution is -2.31. The van der Waals surface area contributed by atoms with Gasteiger partial charge in [0, 0.05) is 22.6 Å². The van der Waals surface area contributed by atoms with Gasteiger partial charge in [-0.15, -0.1) is 0 Å². The Morgan fingerprint density at radius 1 is 1.20 bits per heavy atom. The number of esters is 1. The van der Waals surface area contributed by atoms with Crippen LogP contribution in [0.2, 0.25) is 0 Å². The number of halogens is 1. The van der Waals surface area contributed by atoms with Gasteiger partial charge >= 0.3 is 5.97 Å². The van der Waals surface area contributed by atoms with Crippen molar-refractivity contribution in [3.63, 3.8) is 0 Å². The predicted octanol–water partition coefficient (Wildman–Crippen LogP) is 3.73. The molecule has 2 aromatic rings. The smallest absolute Gasteiger partial charge is 0.338 e. The summed E-state index contributed by atoms with van der Waals surface area (Å²) in [5.41, 5.74) is 1.95. The van der Waals surface area contributed by atoms with Crippen LogP contribution in [0, 0.1) is 5.92 Å². The van der Waals surface area contributed by atoms with Crippen molar-refractivity contribution in [3.8, 4) is 0 Å². The van der Waals surface area contributed by atoms with Crippen LogP contribution in [0.15, 0.2) is 45.8 Å². The zero-order chi connectivity index (χ0) is 21.5. The molecule has 1 heterocycles. The number of nitrogens with one attached hydrogen (secondary N) is 1. The highest BCUT2D eigenvalue weighted by atomic mass is 79.9. The molecule has 0 bridgehead atoms. The van der Waals surface area contributed by atoms with Crippen molar-refractivity contribution in [1.29, 1.82) is 0 Å². The van der Waals surface area contributed by atoms with E-state index in [-0.39, 0.29) is 23.3 Å². The number of carbonyl (C=O) groups excluding carboxylic acids is 2. The molecule has 158 valence electrons. The second kappa shape index (κ2) is 8.03. The van der Waals surface area contributed by atoms with Crippen LogP contribution in [-0.2, 0) is 26.0 Å². The minimum absolute atomic E-state index is 0.00136. The average Bonchev–Trinajstić information content (AvgIpc) is 3.47. The van der Waals surface area contributed by atoms with E-state index in [0.717, 1.165) is 18.4 Å². The van der Waals surface area contributed by atoms with Crippen molar-refractivity contribution in [2.75, 3.05) is 22.8 Å². The van der Waals surface area contributed by atoms with Gasteiger partial charge in [-0.05, 0) is 68.1 Å². The summed E-state index contributed by atoms with van der Waals surface area (Å²) in [5, 5.41) is 0. The van der Waals surface area contributed by atoms with Crippen LogP contribution in [0.1, 0.15) is 35.7 Å². The lowest BCUT2D eigenvalue weighted by Gasteiger charge is -2.21. The Balaban J connectivity index is 1.65. The van der Waals surface area contributed by atoms with Gasteiger partial charge in [-0.3, -0.25) is 9.52 Å². The summed E-state index contributed by atoms with van der Waals surface area (Å²) in [6.07, 6.45) is 2.33. The Kier molecular flexibility index (Phi) is 5.59. The summed E-state index contributed by atoms with van der Waals surface area (Å²) in [5.74, 6) is -0.476. The molecule has 2 aromatic carbocycles. The summed E-state index contributed by atoms with van der Waals surface area (Å²) in [7, 11) is -3.97. The summed E-state index contributed by atoms with van der Waals surface area (Å²) in [6.45, 7) is 2.46. The van der Waals surface area contributed by atoms with E-state index in [2.05, 4.69) is 20.7 Å². The maximum absolute atomic E-state index is 13.2. The Morgan fingerprint density at radius 2 is 1.90 bits per heavy atom. The van der Waals surface area contributed by atoms with Crippen molar-refractivity contribution in [3.05, 3.63) is 52.0 Å². The molecule has 1 fully saturated rings. The van der Waals surface area contributed by atoms with Crippen molar-refractivity contribution in [1.82, 2.24) is 0 Å². The number of hydrogen-bond acceptors (Lipinski definition) is 5. The number of nitrogens with zero attached hydrogens (tertiary/aromatic N) is 1. The second-order valence-electron chi connectivity index (χ2n) is 7.33. The molecule has 0 spiro atoms. The van der Waals surface area contributed by atoms with Crippen LogP contribution in [0.5, 0.6) is 0 Å². The molecule has 2 aliphatic rings. The van der Waals surface area contributed by atoms with E-state index in [1.807, 2.05) is 6.07 Å². The van der Waals surface area contributed by atoms with E-state index in [1.54, 1.807) is 11.8 Å². The third-order valence-electron chi connectivity index (χ3n) is 5.12. The minimum atomic E-state index is -3.97. The van der Waals surface area contributed by atoms with Crippen LogP contribution in [-0.4, -0.2) is 33.4 Å². The first kappa shape index (κ1) is 20.9. The van der Waals surface area contributed by atoms with E-state index in [1.165, 1.54) is 30.3 Å². The van der Waals surface area contributed by atoms with Crippen LogP contribution in [0.25, 0.3) is 0 Å². The Bertz CT molecular complexity index is 1110. The molecule has 1 N–H and O–H groups in total. The molecule has 0 radical (unpaired) electrons. The lowest BCUT2D eigenvalue weighted by molar-refractivity contribution is -0.119. The summed E-state index contributed by atoms with van der Waals surface area (Å²) >= 11 is 3.39. The van der Waals surface area contributed by atoms with Gasteiger partial charge in [0.2, 0.25) is 5.91 Å². The van der Waals surface area contributed by atoms with Crippen molar-refractivity contribution < 1.29 is 22.7 Å². The maximum atomic E-state index is 13.2. The van der Waals surface area contributed by atoms with E-state index in [4.69, 9.17) is 4.74 Å². The van der Waals surface area contributed by atoms with E-state index < -0.39 is 16.0 Å². The summed E-state index contributed by atoms with van der Waals surface area (Å²) in [6, 6.07) is 9.41. The fraction of sp³-hybridized carbons (Fsp3) is 0.333. The Hall–Kier alpha value is -2.39. The highest BCUT2D eigenvalue weighted by Crippen LogP contribution is 2.41. The Labute approximate surface area is 183 Å². The quantitative estimate of drug-likeness (QED) is 0.620. The van der Waals surface area contributed by atoms with Gasteiger partial charge in [-0.2, -0.15) is 0 Å². The highest BCUT2D eigenvalue weighted by molar-refractivity contribution is 9.10. The zero-order valence-corrected chi connectivity index (χ0v) is 18.8. The molecule has 0 unspecified atom stereocenters. The lowest BCUT2D eigenvalue weighted by atomic mass is 10.2. The molecule has 1 saturated carbocycles. The maximum Gasteiger partial charge on any atom is 0.338 e. The van der Waals surface area contributed by atoms with E-state index in [0.29, 0.717) is 34.4 Å². The largest absolute Gasteiger partial charge is 0.462 e. The van der Waals surface area contributed by atoms with Crippen LogP contribution in [0.4, 0.5) is 11.4 Å². The molecular formula is C21H21BrN2O5S. The van der Waals surface area contributed by atoms with Gasteiger partial charge in [0.1, 0.15) is 4.90 Å². The number of carbonyl (C=O) groups is 2. The topological polar surface area (TPSA) is 92.8 Å². The van der Waals surface area contributed by atoms with Gasteiger partial charge in [0.15, 0.2) is 0 Å². The fourth-order valence-corrected chi connectivity index (χ4v) is 5.54. The molecule has 9 heteroatoms. The second-order valence-corrected chi connectivity index (χ2v) is 9.90. The average molecular weight is 493 g/mol. The van der Waals surface area contributed by atoms with Gasteiger partial charge in [-0.1, -0.05) is 15.9 Å². The number of sulfonamides is 1. The fourth-order valence-electron chi connectivity index (χ4n) is 3.54. The van der Waals surface area contributed by atoms with Gasteiger partial charge in [0.05, 0.1) is 17.9 Å². The van der Waals surface area contributed by atoms with Crippen LogP contribution < -0.4 is 9.62 Å². The molecule has 7 nitrogen and oxygen atoms in total. The highest BCUT2D eigenvalue weighted by Gasteiger charge is 2.39.